The number of benzene rings is 1. The average Bonchev–Trinajstić information content (AvgIpc) is 3.41. The van der Waals surface area contributed by atoms with Crippen LogP contribution in [-0.4, -0.2) is 51.7 Å². The van der Waals surface area contributed by atoms with E-state index < -0.39 is 10.0 Å². The minimum absolute atomic E-state index is 0.329. The summed E-state index contributed by atoms with van der Waals surface area (Å²) < 4.78 is 25.8. The van der Waals surface area contributed by atoms with Crippen LogP contribution in [0.4, 0.5) is 5.69 Å². The Morgan fingerprint density at radius 3 is 2.60 bits per heavy atom. The van der Waals surface area contributed by atoms with Gasteiger partial charge in [0.15, 0.2) is 5.96 Å². The zero-order valence-corrected chi connectivity index (χ0v) is 19.2. The highest BCUT2D eigenvalue weighted by Gasteiger charge is 2.24. The van der Waals surface area contributed by atoms with Crippen molar-refractivity contribution in [2.75, 3.05) is 37.2 Å². The molecule has 0 aliphatic carbocycles. The fourth-order valence-corrected chi connectivity index (χ4v) is 5.06. The van der Waals surface area contributed by atoms with E-state index >= 15 is 0 Å². The summed E-state index contributed by atoms with van der Waals surface area (Å²) in [5.74, 6) is 0.729. The van der Waals surface area contributed by atoms with Crippen LogP contribution >= 0.6 is 11.3 Å². The quantitative estimate of drug-likeness (QED) is 0.405. The lowest BCUT2D eigenvalue weighted by Gasteiger charge is -2.27. The van der Waals surface area contributed by atoms with Crippen LogP contribution in [0.3, 0.4) is 0 Å². The van der Waals surface area contributed by atoms with Crippen molar-refractivity contribution in [3.63, 3.8) is 0 Å². The fraction of sp³-hybridized carbons (Fsp3) is 0.476. The van der Waals surface area contributed by atoms with Crippen LogP contribution in [0.15, 0.2) is 46.8 Å². The standard InChI is InChI=1S/C21H31N5O2S2/c1-3-22-21(23-15-17-9-4-5-10-18(17)25-30(2,27)28)24-16-19(20-11-8-14-29-20)26-12-6-7-13-26/h4-5,8-11,14,19,25H,3,6-7,12-13,15-16H2,1-2H3,(H2,22,23,24). The minimum Gasteiger partial charge on any atom is -0.357 e. The van der Waals surface area contributed by atoms with Crippen LogP contribution in [0.2, 0.25) is 0 Å². The molecule has 0 radical (unpaired) electrons. The summed E-state index contributed by atoms with van der Waals surface area (Å²) in [5.41, 5.74) is 1.39. The van der Waals surface area contributed by atoms with Crippen molar-refractivity contribution in [3.05, 3.63) is 52.2 Å². The number of sulfonamides is 1. The number of hydrogen-bond donors (Lipinski definition) is 3. The summed E-state index contributed by atoms with van der Waals surface area (Å²) in [6, 6.07) is 12.0. The summed E-state index contributed by atoms with van der Waals surface area (Å²) in [6.45, 7) is 6.19. The summed E-state index contributed by atoms with van der Waals surface area (Å²) in [5, 5.41) is 8.91. The van der Waals surface area contributed by atoms with Gasteiger partial charge in [-0.25, -0.2) is 13.4 Å². The number of nitrogens with zero attached hydrogens (tertiary/aromatic N) is 2. The van der Waals surface area contributed by atoms with Crippen molar-refractivity contribution >= 4 is 33.0 Å². The summed E-state index contributed by atoms with van der Waals surface area (Å²) >= 11 is 1.79. The molecule has 1 fully saturated rings. The first-order chi connectivity index (χ1) is 14.5. The van der Waals surface area contributed by atoms with Crippen LogP contribution in [0, 0.1) is 0 Å². The SMILES string of the molecule is CCNC(=NCc1ccccc1NS(C)(=O)=O)NCC(c1cccs1)N1CCCC1. The molecule has 2 heterocycles. The highest BCUT2D eigenvalue weighted by atomic mass is 32.2. The molecule has 1 saturated heterocycles. The van der Waals surface area contributed by atoms with Gasteiger partial charge in [-0.2, -0.15) is 0 Å². The number of anilines is 1. The molecule has 0 bridgehead atoms. The highest BCUT2D eigenvalue weighted by Crippen LogP contribution is 2.27. The van der Waals surface area contributed by atoms with E-state index in [0.717, 1.165) is 44.0 Å². The molecule has 30 heavy (non-hydrogen) atoms. The van der Waals surface area contributed by atoms with Crippen molar-refractivity contribution in [3.8, 4) is 0 Å². The summed E-state index contributed by atoms with van der Waals surface area (Å²) in [4.78, 5) is 8.60. The maximum Gasteiger partial charge on any atom is 0.229 e. The van der Waals surface area contributed by atoms with Crippen molar-refractivity contribution in [2.45, 2.75) is 32.4 Å². The van der Waals surface area contributed by atoms with Crippen molar-refractivity contribution in [2.24, 2.45) is 4.99 Å². The van der Waals surface area contributed by atoms with Crippen LogP contribution in [0.25, 0.3) is 0 Å². The number of likely N-dealkylation sites (tertiary alicyclic amines) is 1. The van der Waals surface area contributed by atoms with Gasteiger partial charge in [-0.15, -0.1) is 11.3 Å². The van der Waals surface area contributed by atoms with Gasteiger partial charge in [0.2, 0.25) is 10.0 Å². The monoisotopic (exact) mass is 449 g/mol. The van der Waals surface area contributed by atoms with Gasteiger partial charge in [0, 0.05) is 18.0 Å². The van der Waals surface area contributed by atoms with E-state index in [1.807, 2.05) is 25.1 Å². The molecule has 0 saturated carbocycles. The normalized spacial score (nSPS) is 16.4. The molecule has 1 aromatic carbocycles. The average molecular weight is 450 g/mol. The number of nitrogens with one attached hydrogen (secondary N) is 3. The third-order valence-corrected chi connectivity index (χ3v) is 6.54. The molecule has 2 aromatic rings. The first-order valence-electron chi connectivity index (χ1n) is 10.3. The van der Waals surface area contributed by atoms with Crippen molar-refractivity contribution < 1.29 is 8.42 Å². The zero-order chi connectivity index (χ0) is 21.4. The number of rotatable bonds is 9. The predicted molar refractivity (Wildman–Crippen MR) is 126 cm³/mol. The Labute approximate surface area is 183 Å². The van der Waals surface area contributed by atoms with E-state index in [4.69, 9.17) is 4.99 Å². The Morgan fingerprint density at radius 1 is 1.17 bits per heavy atom. The molecule has 164 valence electrons. The second kappa shape index (κ2) is 10.8. The molecule has 1 aliphatic heterocycles. The maximum atomic E-state index is 11.6. The fourth-order valence-electron chi connectivity index (χ4n) is 3.60. The first-order valence-corrected chi connectivity index (χ1v) is 13.1. The van der Waals surface area contributed by atoms with Gasteiger partial charge in [0.25, 0.3) is 0 Å². The number of aliphatic imine (C=N–C) groups is 1. The molecule has 0 spiro atoms. The highest BCUT2D eigenvalue weighted by molar-refractivity contribution is 7.92. The Hall–Kier alpha value is -2.10. The molecule has 9 heteroatoms. The van der Waals surface area contributed by atoms with Gasteiger partial charge < -0.3 is 10.6 Å². The number of thiophene rings is 1. The topological polar surface area (TPSA) is 85.8 Å². The molecule has 1 atom stereocenters. The number of hydrogen-bond acceptors (Lipinski definition) is 5. The number of guanidine groups is 1. The Kier molecular flexibility index (Phi) is 8.12. The Bertz CT molecular complexity index is 923. The van der Waals surface area contributed by atoms with E-state index in [0.29, 0.717) is 18.3 Å². The molecule has 1 unspecified atom stereocenters. The van der Waals surface area contributed by atoms with Gasteiger partial charge in [-0.3, -0.25) is 9.62 Å². The van der Waals surface area contributed by atoms with Crippen LogP contribution in [0.1, 0.15) is 36.2 Å². The second-order valence-electron chi connectivity index (χ2n) is 7.38. The lowest BCUT2D eigenvalue weighted by Crippen LogP contribution is -2.42. The van der Waals surface area contributed by atoms with Crippen LogP contribution in [0.5, 0.6) is 0 Å². The van der Waals surface area contributed by atoms with Gasteiger partial charge in [0.05, 0.1) is 24.5 Å². The molecule has 3 N–H and O–H groups in total. The molecule has 7 nitrogen and oxygen atoms in total. The van der Waals surface area contributed by atoms with Gasteiger partial charge in [-0.05, 0) is 55.9 Å². The van der Waals surface area contributed by atoms with E-state index in [1.165, 1.54) is 17.7 Å². The van der Waals surface area contributed by atoms with Gasteiger partial charge in [-0.1, -0.05) is 24.3 Å². The predicted octanol–water partition coefficient (Wildman–Crippen LogP) is 3.01. The second-order valence-corrected chi connectivity index (χ2v) is 10.1. The maximum absolute atomic E-state index is 11.6. The van der Waals surface area contributed by atoms with E-state index in [-0.39, 0.29) is 0 Å². The minimum atomic E-state index is -3.34. The van der Waals surface area contributed by atoms with Crippen molar-refractivity contribution in [1.82, 2.24) is 15.5 Å². The van der Waals surface area contributed by atoms with E-state index in [1.54, 1.807) is 17.4 Å². The molecule has 1 aromatic heterocycles. The third kappa shape index (κ3) is 6.72. The molecular formula is C21H31N5O2S2. The van der Waals surface area contributed by atoms with Gasteiger partial charge in [0.1, 0.15) is 0 Å². The molecule has 3 rings (SSSR count). The Balaban J connectivity index is 1.70. The van der Waals surface area contributed by atoms with Crippen LogP contribution in [-0.2, 0) is 16.6 Å². The lowest BCUT2D eigenvalue weighted by atomic mass is 10.2. The number of para-hydroxylation sites is 1. The third-order valence-electron chi connectivity index (χ3n) is 4.98. The first kappa shape index (κ1) is 22.6. The van der Waals surface area contributed by atoms with Crippen molar-refractivity contribution in [1.29, 1.82) is 0 Å². The lowest BCUT2D eigenvalue weighted by molar-refractivity contribution is 0.249. The Morgan fingerprint density at radius 2 is 1.93 bits per heavy atom. The van der Waals surface area contributed by atoms with E-state index in [9.17, 15) is 8.42 Å². The largest absolute Gasteiger partial charge is 0.357 e. The van der Waals surface area contributed by atoms with Gasteiger partial charge >= 0.3 is 0 Å². The smallest absolute Gasteiger partial charge is 0.229 e. The van der Waals surface area contributed by atoms with Crippen LogP contribution < -0.4 is 15.4 Å². The summed E-state index contributed by atoms with van der Waals surface area (Å²) in [6.07, 6.45) is 3.65. The van der Waals surface area contributed by atoms with E-state index in [2.05, 4.69) is 37.8 Å². The zero-order valence-electron chi connectivity index (χ0n) is 17.6. The summed E-state index contributed by atoms with van der Waals surface area (Å²) in [7, 11) is -3.34. The molecule has 1 aliphatic rings. The molecular weight excluding hydrogens is 418 g/mol. The molecule has 0 amide bonds.